The summed E-state index contributed by atoms with van der Waals surface area (Å²) in [7, 11) is 3.12. The highest BCUT2D eigenvalue weighted by molar-refractivity contribution is 5.89. The second-order valence-corrected chi connectivity index (χ2v) is 6.65. The second kappa shape index (κ2) is 9.24. The van der Waals surface area contributed by atoms with Crippen molar-refractivity contribution < 1.29 is 23.7 Å². The molecule has 0 aliphatic rings. The predicted octanol–water partition coefficient (Wildman–Crippen LogP) is 1.83. The molecule has 0 saturated heterocycles. The molecule has 0 aliphatic heterocycles. The van der Waals surface area contributed by atoms with E-state index in [0.29, 0.717) is 35.9 Å². The zero-order valence-electron chi connectivity index (χ0n) is 17.5. The summed E-state index contributed by atoms with van der Waals surface area (Å²) in [6.07, 6.45) is 0.558. The molecule has 164 valence electrons. The van der Waals surface area contributed by atoms with Crippen molar-refractivity contribution in [3.63, 3.8) is 0 Å². The molecular weight excluding hydrogens is 408 g/mol. The van der Waals surface area contributed by atoms with E-state index in [1.54, 1.807) is 34.1 Å². The van der Waals surface area contributed by atoms with Gasteiger partial charge in [0.25, 0.3) is 0 Å². The van der Waals surface area contributed by atoms with Crippen molar-refractivity contribution in [2.24, 2.45) is 0 Å². The summed E-state index contributed by atoms with van der Waals surface area (Å²) in [5.41, 5.74) is 1.55. The van der Waals surface area contributed by atoms with Crippen molar-refractivity contribution in [1.82, 2.24) is 25.2 Å². The second-order valence-electron chi connectivity index (χ2n) is 6.65. The van der Waals surface area contributed by atoms with Gasteiger partial charge in [-0.3, -0.25) is 19.6 Å². The van der Waals surface area contributed by atoms with Crippen molar-refractivity contribution in [2.45, 2.75) is 26.8 Å². The van der Waals surface area contributed by atoms with E-state index in [0.717, 1.165) is 5.56 Å². The van der Waals surface area contributed by atoms with Crippen LogP contribution >= 0.6 is 0 Å². The van der Waals surface area contributed by atoms with Crippen LogP contribution in [0, 0.1) is 24.0 Å². The summed E-state index contributed by atoms with van der Waals surface area (Å²) in [6, 6.07) is 5.51. The van der Waals surface area contributed by atoms with E-state index in [-0.39, 0.29) is 23.9 Å². The number of rotatable bonds is 9. The van der Waals surface area contributed by atoms with Gasteiger partial charge in [0.15, 0.2) is 17.3 Å². The number of aryl methyl sites for hydroxylation is 1. The van der Waals surface area contributed by atoms with Crippen LogP contribution in [0.5, 0.6) is 11.5 Å². The quantitative estimate of drug-likeness (QED) is 0.396. The van der Waals surface area contributed by atoms with Crippen LogP contribution in [0.1, 0.15) is 33.5 Å². The lowest BCUT2D eigenvalue weighted by Crippen LogP contribution is -2.26. The maximum absolute atomic E-state index is 12.3. The molecule has 1 amide bonds. The normalized spacial score (nSPS) is 10.7. The summed E-state index contributed by atoms with van der Waals surface area (Å²) in [4.78, 5) is 26.9. The monoisotopic (exact) mass is 430 g/mol. The fraction of sp³-hybridized carbons (Fsp3) is 0.368. The Bertz CT molecular complexity index is 1110. The summed E-state index contributed by atoms with van der Waals surface area (Å²) in [5, 5.41) is 21.7. The molecule has 31 heavy (non-hydrogen) atoms. The van der Waals surface area contributed by atoms with E-state index in [9.17, 15) is 14.9 Å². The van der Waals surface area contributed by atoms with Gasteiger partial charge in [-0.1, -0.05) is 11.2 Å². The van der Waals surface area contributed by atoms with Gasteiger partial charge >= 0.3 is 17.5 Å². The van der Waals surface area contributed by atoms with Crippen LogP contribution in [-0.4, -0.2) is 51.5 Å². The molecule has 12 nitrogen and oxygen atoms in total. The lowest BCUT2D eigenvalue weighted by Gasteiger charge is -2.09. The first-order valence-corrected chi connectivity index (χ1v) is 9.34. The molecule has 3 aromatic rings. The molecule has 0 spiro atoms. The Morgan fingerprint density at radius 2 is 2.00 bits per heavy atom. The molecule has 3 rings (SSSR count). The fourth-order valence-corrected chi connectivity index (χ4v) is 3.08. The molecule has 2 heterocycles. The molecule has 0 fully saturated rings. The van der Waals surface area contributed by atoms with E-state index in [4.69, 9.17) is 14.0 Å². The smallest absolute Gasteiger partial charge is 0.316 e. The lowest BCUT2D eigenvalue weighted by molar-refractivity contribution is -0.386. The Morgan fingerprint density at radius 3 is 2.65 bits per heavy atom. The van der Waals surface area contributed by atoms with Gasteiger partial charge in [-0.05, 0) is 38.0 Å². The van der Waals surface area contributed by atoms with Crippen LogP contribution in [0.2, 0.25) is 0 Å². The number of ether oxygens (including phenoxy) is 2. The van der Waals surface area contributed by atoms with E-state index >= 15 is 0 Å². The third-order valence-corrected chi connectivity index (χ3v) is 4.63. The van der Waals surface area contributed by atoms with Crippen LogP contribution in [0.3, 0.4) is 0 Å². The van der Waals surface area contributed by atoms with Crippen LogP contribution in [-0.2, 0) is 13.0 Å². The molecular formula is C19H22N6O6. The molecule has 0 unspecified atom stereocenters. The van der Waals surface area contributed by atoms with Crippen LogP contribution in [0.4, 0.5) is 5.69 Å². The van der Waals surface area contributed by atoms with Gasteiger partial charge in [0, 0.05) is 6.54 Å². The van der Waals surface area contributed by atoms with E-state index in [1.165, 1.54) is 4.68 Å². The number of nitrogens with zero attached hydrogens (tertiary/aromatic N) is 5. The average Bonchev–Trinajstić information content (AvgIpc) is 3.32. The number of amides is 1. The van der Waals surface area contributed by atoms with Crippen LogP contribution < -0.4 is 14.8 Å². The maximum atomic E-state index is 12.3. The Morgan fingerprint density at radius 1 is 1.26 bits per heavy atom. The minimum Gasteiger partial charge on any atom is -0.493 e. The van der Waals surface area contributed by atoms with Gasteiger partial charge in [-0.2, -0.15) is 10.1 Å². The minimum atomic E-state index is -0.515. The SMILES string of the molecule is COc1ccc(CCNC(=O)c2nc(Cn3nc(C)c([N+](=O)[O-])c3C)no2)cc1OC. The number of aromatic nitrogens is 4. The van der Waals surface area contributed by atoms with Gasteiger partial charge in [0.05, 0.1) is 19.1 Å². The topological polar surface area (TPSA) is 147 Å². The highest BCUT2D eigenvalue weighted by Gasteiger charge is 2.23. The van der Waals surface area contributed by atoms with E-state index in [2.05, 4.69) is 20.6 Å². The maximum Gasteiger partial charge on any atom is 0.316 e. The third kappa shape index (κ3) is 4.79. The number of carbonyl (C=O) groups is 1. The van der Waals surface area contributed by atoms with Gasteiger partial charge in [0.1, 0.15) is 17.9 Å². The molecule has 0 aliphatic carbocycles. The minimum absolute atomic E-state index is 0.0446. The predicted molar refractivity (Wildman–Crippen MR) is 107 cm³/mol. The van der Waals surface area contributed by atoms with Crippen molar-refractivity contribution in [3.8, 4) is 11.5 Å². The summed E-state index contributed by atoms with van der Waals surface area (Å²) >= 11 is 0. The highest BCUT2D eigenvalue weighted by atomic mass is 16.6. The molecule has 0 saturated carbocycles. The first-order valence-electron chi connectivity index (χ1n) is 9.34. The Labute approximate surface area is 177 Å². The highest BCUT2D eigenvalue weighted by Crippen LogP contribution is 2.27. The Hall–Kier alpha value is -3.96. The number of carbonyl (C=O) groups excluding carboxylic acids is 1. The molecule has 0 atom stereocenters. The van der Waals surface area contributed by atoms with Crippen LogP contribution in [0.25, 0.3) is 0 Å². The van der Waals surface area contributed by atoms with Gasteiger partial charge < -0.3 is 19.3 Å². The Balaban J connectivity index is 1.58. The molecule has 1 N–H and O–H groups in total. The van der Waals surface area contributed by atoms with Crippen molar-refractivity contribution in [2.75, 3.05) is 20.8 Å². The third-order valence-electron chi connectivity index (χ3n) is 4.63. The number of nitrogens with one attached hydrogen (secondary N) is 1. The van der Waals surface area contributed by atoms with Gasteiger partial charge in [-0.25, -0.2) is 0 Å². The van der Waals surface area contributed by atoms with Crippen molar-refractivity contribution >= 4 is 11.6 Å². The van der Waals surface area contributed by atoms with Crippen LogP contribution in [0.15, 0.2) is 22.7 Å². The van der Waals surface area contributed by atoms with Gasteiger partial charge in [-0.15, -0.1) is 0 Å². The number of hydrogen-bond donors (Lipinski definition) is 1. The first kappa shape index (κ1) is 21.7. The number of nitro groups is 1. The fourth-order valence-electron chi connectivity index (χ4n) is 3.08. The van der Waals surface area contributed by atoms with Crippen molar-refractivity contribution in [3.05, 3.63) is 57.0 Å². The molecule has 0 bridgehead atoms. The molecule has 2 aromatic heterocycles. The van der Waals surface area contributed by atoms with Crippen molar-refractivity contribution in [1.29, 1.82) is 0 Å². The molecule has 1 aromatic carbocycles. The van der Waals surface area contributed by atoms with E-state index in [1.807, 2.05) is 12.1 Å². The summed E-state index contributed by atoms with van der Waals surface area (Å²) in [5.74, 6) is 0.710. The van der Waals surface area contributed by atoms with Gasteiger partial charge in [0.2, 0.25) is 0 Å². The lowest BCUT2D eigenvalue weighted by atomic mass is 10.1. The van der Waals surface area contributed by atoms with E-state index < -0.39 is 10.8 Å². The number of benzene rings is 1. The summed E-state index contributed by atoms with van der Waals surface area (Å²) in [6.45, 7) is 3.52. The summed E-state index contributed by atoms with van der Waals surface area (Å²) < 4.78 is 16.9. The first-order chi connectivity index (χ1) is 14.8. The number of methoxy groups -OCH3 is 2. The Kier molecular flexibility index (Phi) is 6.48. The largest absolute Gasteiger partial charge is 0.493 e. The zero-order chi connectivity index (χ0) is 22.5. The standard InChI is InChI=1S/C19H22N6O6/c1-11-17(25(27)28)12(2)24(22-11)10-16-21-19(31-23-16)18(26)20-8-7-13-5-6-14(29-3)15(9-13)30-4/h5-6,9H,7-8,10H2,1-4H3,(H,20,26). The molecule has 12 heteroatoms. The number of hydrogen-bond acceptors (Lipinski definition) is 9. The molecule has 0 radical (unpaired) electrons. The average molecular weight is 430 g/mol. The zero-order valence-corrected chi connectivity index (χ0v) is 17.5.